The molecule has 111 heavy (non-hydrogen) atoms. The highest BCUT2D eigenvalue weighted by Crippen LogP contribution is 2.60. The average Bonchev–Trinajstić information content (AvgIpc) is 1.60. The summed E-state index contributed by atoms with van der Waals surface area (Å²) in [6.07, 6.45) is 15.6. The van der Waals surface area contributed by atoms with Crippen LogP contribution in [0.15, 0.2) is 121 Å². The number of methoxy groups -OCH3 is 1. The Balaban J connectivity index is 0.000000211. The second kappa shape index (κ2) is 42.4. The van der Waals surface area contributed by atoms with Gasteiger partial charge in [-0.15, -0.1) is 0 Å². The highest BCUT2D eigenvalue weighted by atomic mass is 16.7. The van der Waals surface area contributed by atoms with Crippen LogP contribution < -0.4 is 43.2 Å². The van der Waals surface area contributed by atoms with Crippen molar-refractivity contribution in [2.24, 2.45) is 57.2 Å². The van der Waals surface area contributed by atoms with Crippen LogP contribution >= 0.6 is 0 Å². The molecule has 4 saturated carbocycles. The molecule has 9 atom stereocenters. The van der Waals surface area contributed by atoms with Gasteiger partial charge in [0, 0.05) is 37.5 Å². The second-order valence-electron chi connectivity index (χ2n) is 33.9. The molecule has 1 N–H and O–H groups in total. The van der Waals surface area contributed by atoms with E-state index in [2.05, 4.69) is 55.6 Å². The summed E-state index contributed by atoms with van der Waals surface area (Å²) >= 11 is 0. The quantitative estimate of drug-likeness (QED) is 0.0173. The molecule has 0 heterocycles. The topological polar surface area (TPSA) is 191 Å². The summed E-state index contributed by atoms with van der Waals surface area (Å²) < 4.78 is 69.2. The molecule has 0 saturated heterocycles. The van der Waals surface area contributed by atoms with Gasteiger partial charge in [-0.3, -0.25) is 19.2 Å². The zero-order valence-electron chi connectivity index (χ0n) is 71.2. The fraction of sp³-hybridized carbons (Fsp3) is 0.596. The van der Waals surface area contributed by atoms with Crippen LogP contribution in [-0.4, -0.2) is 82.0 Å². The molecule has 0 radical (unpaired) electrons. The van der Waals surface area contributed by atoms with Crippen LogP contribution in [-0.2, 0) is 44.7 Å². The predicted octanol–water partition coefficient (Wildman–Crippen LogP) is 22.4. The molecule has 10 rings (SSSR count). The fourth-order valence-corrected chi connectivity index (χ4v) is 14.3. The Labute approximate surface area is 665 Å². The highest BCUT2D eigenvalue weighted by molar-refractivity contribution is 5.87. The maximum Gasteiger partial charge on any atom is 0.316 e. The van der Waals surface area contributed by atoms with Crippen molar-refractivity contribution in [2.75, 3.05) is 26.9 Å². The van der Waals surface area contributed by atoms with Crippen molar-refractivity contribution in [1.82, 2.24) is 5.32 Å². The summed E-state index contributed by atoms with van der Waals surface area (Å²) in [5, 5.41) is 5.00. The van der Waals surface area contributed by atoms with Gasteiger partial charge in [0.15, 0.2) is 12.6 Å². The molecule has 17 heteroatoms. The van der Waals surface area contributed by atoms with E-state index in [4.69, 9.17) is 56.8 Å². The number of nitrogens with one attached hydrogen (secondary N) is 1. The largest absolute Gasteiger partial charge is 0.491 e. The molecule has 6 aromatic carbocycles. The number of fused-ring (bicyclic) bond motifs is 6. The predicted molar refractivity (Wildman–Crippen MR) is 441 cm³/mol. The Morgan fingerprint density at radius 2 is 0.910 bits per heavy atom. The van der Waals surface area contributed by atoms with Crippen molar-refractivity contribution < 1.29 is 76.0 Å². The molecule has 4 fully saturated rings. The number of amides is 1. The molecule has 0 spiro atoms. The second-order valence-corrected chi connectivity index (χ2v) is 33.9. The number of carbonyl (C=O) groups excluding carboxylic acids is 4. The Hall–Kier alpha value is -7.70. The minimum Gasteiger partial charge on any atom is -0.491 e. The van der Waals surface area contributed by atoms with E-state index >= 15 is 0 Å². The first kappa shape index (κ1) is 90.5. The van der Waals surface area contributed by atoms with Gasteiger partial charge in [0.05, 0.1) is 29.0 Å². The number of aryl methyl sites for hydroxylation is 2. The maximum atomic E-state index is 12.4. The molecule has 1 amide bonds. The normalized spacial score (nSPS) is 18.6. The molecule has 612 valence electrons. The Kier molecular flexibility index (Phi) is 34.6. The first-order valence-electron chi connectivity index (χ1n) is 41.2. The van der Waals surface area contributed by atoms with Gasteiger partial charge in [0.25, 0.3) is 0 Å². The molecule has 4 aliphatic rings. The van der Waals surface area contributed by atoms with E-state index in [1.807, 2.05) is 180 Å². The van der Waals surface area contributed by atoms with Crippen LogP contribution in [0.3, 0.4) is 0 Å². The van der Waals surface area contributed by atoms with E-state index in [1.165, 1.54) is 69.8 Å². The van der Waals surface area contributed by atoms with Crippen LogP contribution in [0.1, 0.15) is 250 Å². The number of benzene rings is 6. The Bertz CT molecular complexity index is 3830. The molecule has 0 aromatic heterocycles. The molecule has 4 aliphatic carbocycles. The van der Waals surface area contributed by atoms with E-state index in [0.29, 0.717) is 61.4 Å². The van der Waals surface area contributed by atoms with Crippen LogP contribution in [0.25, 0.3) is 10.8 Å². The van der Waals surface area contributed by atoms with Crippen molar-refractivity contribution in [1.29, 1.82) is 0 Å². The van der Waals surface area contributed by atoms with Crippen molar-refractivity contribution >= 4 is 34.6 Å². The zero-order valence-corrected chi connectivity index (χ0v) is 71.2. The molecule has 17 nitrogen and oxygen atoms in total. The number of ether oxygens (including phenoxy) is 12. The summed E-state index contributed by atoms with van der Waals surface area (Å²) in [6, 6.07) is 38.4. The van der Waals surface area contributed by atoms with Crippen LogP contribution in [0.5, 0.6) is 46.0 Å². The lowest BCUT2D eigenvalue weighted by atomic mass is 9.80. The van der Waals surface area contributed by atoms with Gasteiger partial charge < -0.3 is 62.2 Å². The minimum absolute atomic E-state index is 0.0839. The van der Waals surface area contributed by atoms with Gasteiger partial charge in [-0.1, -0.05) is 131 Å². The fourth-order valence-electron chi connectivity index (χ4n) is 14.3. The summed E-state index contributed by atoms with van der Waals surface area (Å²) in [4.78, 5) is 48.8. The standard InChI is InChI=1S/C32H40O5.C26H38O4.C19H31NO3.C17H26O4/c1-5-32(3,4)31(33)37-30-18-14-26-21-29(17-13-27(26)22-30)36-23(2)34-19-20-35-28-15-11-25(12-16-28)24-9-7-6-8-10-24;1-6-26(4,5)25(27)29-19-12-10-18(11-13-19)28-24(16(2)3)30-23-15-17-14-22(23)21-9-7-8-20(17)21;1-8-19(6,7)18(21)20-12-16-10-13(3)17(14(4)11-16)23-15(5)22-9-2;1-7-17(4,5)16(18)21-14-10-8-13(9-11-14)20-15(19-6)12(2)3/h11-18,21-24H,5-10,19-20H2,1-4H3;10-13,16-17,20-24H,6-9,14-15H2,1-5H3;10-11,15H,8-9,12H2,1-7H3,(H,20,21);8-12,15H,7H2,1-6H3. The summed E-state index contributed by atoms with van der Waals surface area (Å²) in [5.41, 5.74) is 2.81. The van der Waals surface area contributed by atoms with Crippen LogP contribution in [0.4, 0.5) is 0 Å². The highest BCUT2D eigenvalue weighted by Gasteiger charge is 2.55. The van der Waals surface area contributed by atoms with Gasteiger partial charge in [-0.2, -0.15) is 0 Å². The third-order valence-corrected chi connectivity index (χ3v) is 23.0. The number of hydrogen-bond donors (Lipinski definition) is 1. The van der Waals surface area contributed by atoms with Crippen LogP contribution in [0.2, 0.25) is 0 Å². The van der Waals surface area contributed by atoms with Crippen molar-refractivity contribution in [3.8, 4) is 46.0 Å². The van der Waals surface area contributed by atoms with Gasteiger partial charge in [-0.25, -0.2) is 0 Å². The first-order valence-corrected chi connectivity index (χ1v) is 41.2. The molecule has 0 aliphatic heterocycles. The number of esters is 3. The van der Waals surface area contributed by atoms with E-state index in [0.717, 1.165) is 99.8 Å². The first-order chi connectivity index (χ1) is 52.6. The smallest absolute Gasteiger partial charge is 0.316 e. The van der Waals surface area contributed by atoms with Crippen molar-refractivity contribution in [3.05, 3.63) is 144 Å². The van der Waals surface area contributed by atoms with E-state index < -0.39 is 22.5 Å². The summed E-state index contributed by atoms with van der Waals surface area (Å²) in [6.45, 7) is 43.4. The Morgan fingerprint density at radius 3 is 1.41 bits per heavy atom. The lowest BCUT2D eigenvalue weighted by Gasteiger charge is -2.35. The monoisotopic (exact) mass is 1530 g/mol. The lowest BCUT2D eigenvalue weighted by Crippen LogP contribution is -2.37. The number of carbonyl (C=O) groups is 4. The summed E-state index contributed by atoms with van der Waals surface area (Å²) in [5.74, 6) is 9.64. The Morgan fingerprint density at radius 1 is 0.450 bits per heavy atom. The minimum atomic E-state index is -0.507. The average molecular weight is 1540 g/mol. The maximum absolute atomic E-state index is 12.4. The zero-order chi connectivity index (χ0) is 81.4. The van der Waals surface area contributed by atoms with Gasteiger partial charge in [0.1, 0.15) is 52.6 Å². The van der Waals surface area contributed by atoms with E-state index in [-0.39, 0.29) is 59.9 Å². The van der Waals surface area contributed by atoms with Gasteiger partial charge >= 0.3 is 17.9 Å². The number of rotatable bonds is 34. The van der Waals surface area contributed by atoms with E-state index in [1.54, 1.807) is 43.5 Å². The lowest BCUT2D eigenvalue weighted by molar-refractivity contribution is -0.162. The molecule has 2 bridgehead atoms. The third-order valence-electron chi connectivity index (χ3n) is 23.0. The SMILES string of the molecule is CCC(C)(C)C(=O)Oc1ccc(OC(OC)C(C)C)cc1.CCC(C)(C)C(=O)Oc1ccc(OC(OC2CC3CC2C2CCCC32)C(C)C)cc1.CCC(C)(C)C(=O)Oc1ccc2cc(OC(C)OCCOc3ccc(C4CCCCC4)cc3)ccc2c1.CCOC(C)Oc1c(C)cc(CNC(=O)C(C)(C)CC)cc1C. The number of hydrogen-bond acceptors (Lipinski definition) is 16. The molecule has 9 unspecified atom stereocenters. The van der Waals surface area contributed by atoms with Crippen molar-refractivity contribution in [2.45, 2.75) is 279 Å². The molecule has 6 aromatic rings. The third kappa shape index (κ3) is 27.0. The van der Waals surface area contributed by atoms with Crippen molar-refractivity contribution in [3.63, 3.8) is 0 Å². The van der Waals surface area contributed by atoms with Gasteiger partial charge in [-0.05, 0) is 288 Å². The van der Waals surface area contributed by atoms with Crippen LogP contribution in [0, 0.1) is 71.0 Å². The van der Waals surface area contributed by atoms with Gasteiger partial charge in [0.2, 0.25) is 18.5 Å². The molecular formula is C94H135NO16. The van der Waals surface area contributed by atoms with E-state index in [9.17, 15) is 19.2 Å². The summed E-state index contributed by atoms with van der Waals surface area (Å²) in [7, 11) is 1.62. The molecular weight excluding hydrogens is 1400 g/mol.